The summed E-state index contributed by atoms with van der Waals surface area (Å²) in [7, 11) is 0. The monoisotopic (exact) mass is 278 g/mol. The van der Waals surface area contributed by atoms with Gasteiger partial charge in [0.1, 0.15) is 0 Å². The van der Waals surface area contributed by atoms with E-state index in [1.165, 1.54) is 0 Å². The van der Waals surface area contributed by atoms with E-state index in [0.29, 0.717) is 52.9 Å². The summed E-state index contributed by atoms with van der Waals surface area (Å²) in [6, 6.07) is 0. The quantitative estimate of drug-likeness (QED) is 0.428. The van der Waals surface area contributed by atoms with Crippen LogP contribution in [0.2, 0.25) is 0 Å². The van der Waals surface area contributed by atoms with Crippen molar-refractivity contribution < 1.29 is 23.7 Å². The molecule has 5 nitrogen and oxygen atoms in total. The topological polar surface area (TPSA) is 46.2 Å². The van der Waals surface area contributed by atoms with Gasteiger partial charge >= 0.3 is 0 Å². The van der Waals surface area contributed by atoms with Crippen LogP contribution < -0.4 is 0 Å². The third kappa shape index (κ3) is 17.8. The standard InChI is InChI=1S/C14H30O5/c1-4-5-15-6-7-16-8-9-17-10-11-18-12-13-19-14(2)3/h14H,4-13H2,1-3H3. The summed E-state index contributed by atoms with van der Waals surface area (Å²) >= 11 is 0. The van der Waals surface area contributed by atoms with E-state index < -0.39 is 0 Å². The molecule has 0 saturated heterocycles. The molecule has 0 unspecified atom stereocenters. The van der Waals surface area contributed by atoms with Crippen molar-refractivity contribution in [3.63, 3.8) is 0 Å². The first-order valence-electron chi connectivity index (χ1n) is 7.20. The largest absolute Gasteiger partial charge is 0.379 e. The third-order valence-corrected chi connectivity index (χ3v) is 2.14. The van der Waals surface area contributed by atoms with E-state index in [0.717, 1.165) is 13.0 Å². The molecule has 0 aromatic heterocycles. The fourth-order valence-electron chi connectivity index (χ4n) is 1.25. The van der Waals surface area contributed by atoms with Crippen molar-refractivity contribution in [3.05, 3.63) is 0 Å². The molecule has 0 bridgehead atoms. The van der Waals surface area contributed by atoms with Gasteiger partial charge in [0, 0.05) is 6.61 Å². The van der Waals surface area contributed by atoms with Crippen molar-refractivity contribution in [3.8, 4) is 0 Å². The molecule has 5 heteroatoms. The van der Waals surface area contributed by atoms with Gasteiger partial charge in [-0.3, -0.25) is 0 Å². The molecular formula is C14H30O5. The van der Waals surface area contributed by atoms with Crippen LogP contribution in [0.3, 0.4) is 0 Å². The molecule has 0 aromatic carbocycles. The summed E-state index contributed by atoms with van der Waals surface area (Å²) in [4.78, 5) is 0. The minimum atomic E-state index is 0.262. The molecule has 116 valence electrons. The molecule has 0 atom stereocenters. The van der Waals surface area contributed by atoms with Gasteiger partial charge in [-0.05, 0) is 20.3 Å². The van der Waals surface area contributed by atoms with Crippen LogP contribution in [-0.4, -0.2) is 65.6 Å². The third-order valence-electron chi connectivity index (χ3n) is 2.14. The van der Waals surface area contributed by atoms with E-state index in [4.69, 9.17) is 23.7 Å². The van der Waals surface area contributed by atoms with Crippen molar-refractivity contribution in [1.82, 2.24) is 0 Å². The predicted molar refractivity (Wildman–Crippen MR) is 74.7 cm³/mol. The molecule has 0 aromatic rings. The highest BCUT2D eigenvalue weighted by atomic mass is 16.6. The van der Waals surface area contributed by atoms with Gasteiger partial charge in [-0.2, -0.15) is 0 Å². The smallest absolute Gasteiger partial charge is 0.0703 e. The molecule has 0 heterocycles. The normalized spacial score (nSPS) is 11.4. The van der Waals surface area contributed by atoms with Gasteiger partial charge in [-0.15, -0.1) is 0 Å². The lowest BCUT2D eigenvalue weighted by Gasteiger charge is -2.09. The number of hydrogen-bond acceptors (Lipinski definition) is 5. The summed E-state index contributed by atoms with van der Waals surface area (Å²) in [6.07, 6.45) is 1.31. The van der Waals surface area contributed by atoms with Gasteiger partial charge in [0.2, 0.25) is 0 Å². The van der Waals surface area contributed by atoms with E-state index in [2.05, 4.69) is 6.92 Å². The van der Waals surface area contributed by atoms with E-state index in [9.17, 15) is 0 Å². The molecular weight excluding hydrogens is 248 g/mol. The SMILES string of the molecule is CCCOCCOCCOCCOCCOC(C)C. The Hall–Kier alpha value is -0.200. The van der Waals surface area contributed by atoms with Gasteiger partial charge < -0.3 is 23.7 Å². The second-order valence-electron chi connectivity index (χ2n) is 4.37. The minimum Gasteiger partial charge on any atom is -0.379 e. The van der Waals surface area contributed by atoms with E-state index in [1.54, 1.807) is 0 Å². The van der Waals surface area contributed by atoms with Crippen LogP contribution in [0.25, 0.3) is 0 Å². The highest BCUT2D eigenvalue weighted by Crippen LogP contribution is 1.88. The Kier molecular flexibility index (Phi) is 15.7. The molecule has 19 heavy (non-hydrogen) atoms. The zero-order chi connectivity index (χ0) is 14.2. The van der Waals surface area contributed by atoms with Crippen molar-refractivity contribution >= 4 is 0 Å². The molecule has 0 aliphatic carbocycles. The molecule has 0 N–H and O–H groups in total. The van der Waals surface area contributed by atoms with Crippen LogP contribution in [0.15, 0.2) is 0 Å². The summed E-state index contributed by atoms with van der Waals surface area (Å²) in [5.41, 5.74) is 0. The maximum Gasteiger partial charge on any atom is 0.0703 e. The Balaban J connectivity index is 2.91. The summed E-state index contributed by atoms with van der Waals surface area (Å²) in [5.74, 6) is 0. The van der Waals surface area contributed by atoms with Crippen molar-refractivity contribution in [2.75, 3.05) is 59.5 Å². The van der Waals surface area contributed by atoms with Crippen LogP contribution in [0.4, 0.5) is 0 Å². The maximum atomic E-state index is 5.36. The molecule has 0 aliphatic rings. The van der Waals surface area contributed by atoms with Crippen LogP contribution in [0, 0.1) is 0 Å². The van der Waals surface area contributed by atoms with Gasteiger partial charge in [-0.1, -0.05) is 6.92 Å². The first-order chi connectivity index (χ1) is 9.27. The van der Waals surface area contributed by atoms with Crippen molar-refractivity contribution in [2.45, 2.75) is 33.3 Å². The fourth-order valence-corrected chi connectivity index (χ4v) is 1.25. The van der Waals surface area contributed by atoms with Crippen LogP contribution in [0.1, 0.15) is 27.2 Å². The molecule has 0 spiro atoms. The molecule has 0 aliphatic heterocycles. The highest BCUT2D eigenvalue weighted by Gasteiger charge is 1.94. The fraction of sp³-hybridized carbons (Fsp3) is 1.00. The highest BCUT2D eigenvalue weighted by molar-refractivity contribution is 4.38. The first-order valence-corrected chi connectivity index (χ1v) is 7.20. The van der Waals surface area contributed by atoms with Gasteiger partial charge in [-0.25, -0.2) is 0 Å². The Morgan fingerprint density at radius 2 is 0.947 bits per heavy atom. The lowest BCUT2D eigenvalue weighted by atomic mass is 10.5. The molecule has 0 fully saturated rings. The molecule has 0 saturated carbocycles. The minimum absolute atomic E-state index is 0.262. The lowest BCUT2D eigenvalue weighted by Crippen LogP contribution is -2.14. The maximum absolute atomic E-state index is 5.36. The van der Waals surface area contributed by atoms with E-state index >= 15 is 0 Å². The lowest BCUT2D eigenvalue weighted by molar-refractivity contribution is -0.0175. The number of rotatable bonds is 15. The zero-order valence-corrected chi connectivity index (χ0v) is 12.7. The predicted octanol–water partition coefficient (Wildman–Crippen LogP) is 1.89. The second kappa shape index (κ2) is 15.9. The van der Waals surface area contributed by atoms with Gasteiger partial charge in [0.15, 0.2) is 0 Å². The summed E-state index contributed by atoms with van der Waals surface area (Å²) < 4.78 is 26.7. The zero-order valence-electron chi connectivity index (χ0n) is 12.7. The first kappa shape index (κ1) is 18.8. The number of ether oxygens (including phenoxy) is 5. The number of hydrogen-bond donors (Lipinski definition) is 0. The summed E-state index contributed by atoms with van der Waals surface area (Å²) in [6.45, 7) is 11.9. The Labute approximate surface area is 117 Å². The van der Waals surface area contributed by atoms with E-state index in [-0.39, 0.29) is 6.10 Å². The average molecular weight is 278 g/mol. The molecule has 0 radical (unpaired) electrons. The van der Waals surface area contributed by atoms with Crippen molar-refractivity contribution in [2.24, 2.45) is 0 Å². The second-order valence-corrected chi connectivity index (χ2v) is 4.37. The Bertz CT molecular complexity index is 164. The van der Waals surface area contributed by atoms with Gasteiger partial charge in [0.25, 0.3) is 0 Å². The van der Waals surface area contributed by atoms with Crippen LogP contribution in [0.5, 0.6) is 0 Å². The molecule has 0 rings (SSSR count). The summed E-state index contributed by atoms with van der Waals surface area (Å²) in [5, 5.41) is 0. The molecule has 0 amide bonds. The Morgan fingerprint density at radius 3 is 1.32 bits per heavy atom. The van der Waals surface area contributed by atoms with Crippen molar-refractivity contribution in [1.29, 1.82) is 0 Å². The Morgan fingerprint density at radius 1 is 0.579 bits per heavy atom. The van der Waals surface area contributed by atoms with Gasteiger partial charge in [0.05, 0.1) is 59.0 Å². The van der Waals surface area contributed by atoms with Crippen LogP contribution in [-0.2, 0) is 23.7 Å². The van der Waals surface area contributed by atoms with Crippen LogP contribution >= 0.6 is 0 Å². The van der Waals surface area contributed by atoms with E-state index in [1.807, 2.05) is 13.8 Å². The average Bonchev–Trinajstić information content (AvgIpc) is 2.39.